The van der Waals surface area contributed by atoms with Gasteiger partial charge in [-0.2, -0.15) is 0 Å². The second-order valence-corrected chi connectivity index (χ2v) is 11.1. The molecule has 0 saturated carbocycles. The topological polar surface area (TPSA) is 113 Å². The number of carbonyl (C=O) groups is 3. The molecule has 1 heterocycles. The summed E-state index contributed by atoms with van der Waals surface area (Å²) in [6, 6.07) is 13.1. The fourth-order valence-electron chi connectivity index (χ4n) is 4.46. The highest BCUT2D eigenvalue weighted by Gasteiger charge is 2.44. The van der Waals surface area contributed by atoms with Crippen molar-refractivity contribution in [3.8, 4) is 0 Å². The molecule has 43 heavy (non-hydrogen) atoms. The van der Waals surface area contributed by atoms with Gasteiger partial charge >= 0.3 is 5.97 Å². The number of primary amides is 1. The average Bonchev–Trinajstić information content (AvgIpc) is 3.20. The number of carbonyl (C=O) groups excluding carboxylic acids is 2. The molecule has 0 fully saturated rings. The molecular weight excluding hydrogens is 562 g/mol. The summed E-state index contributed by atoms with van der Waals surface area (Å²) in [5, 5.41) is 8.57. The molecule has 0 spiro atoms. The van der Waals surface area contributed by atoms with Crippen LogP contribution < -0.4 is 5.73 Å². The van der Waals surface area contributed by atoms with E-state index in [1.165, 1.54) is 11.1 Å². The van der Waals surface area contributed by atoms with E-state index in [0.29, 0.717) is 16.8 Å². The maximum atomic E-state index is 13.3. The van der Waals surface area contributed by atoms with Crippen molar-refractivity contribution in [2.24, 2.45) is 10.7 Å². The van der Waals surface area contributed by atoms with Crippen molar-refractivity contribution in [1.29, 1.82) is 0 Å². The number of amides is 2. The van der Waals surface area contributed by atoms with Crippen LogP contribution in [0.15, 0.2) is 84.4 Å². The van der Waals surface area contributed by atoms with Crippen LogP contribution in [0.25, 0.3) is 0 Å². The van der Waals surface area contributed by atoms with Gasteiger partial charge in [-0.1, -0.05) is 94.8 Å². The summed E-state index contributed by atoms with van der Waals surface area (Å²) in [6.45, 7) is 19.4. The Morgan fingerprint density at radius 1 is 1.14 bits per heavy atom. The van der Waals surface area contributed by atoms with E-state index in [1.807, 2.05) is 43.0 Å². The molecule has 1 aliphatic heterocycles. The number of allylic oxidation sites excluding steroid dienone is 3. The minimum Gasteiger partial charge on any atom is -0.481 e. The van der Waals surface area contributed by atoms with Gasteiger partial charge in [0.05, 0.1) is 6.04 Å². The number of nitrogens with zero attached hydrogens (tertiary/aromatic N) is 2. The normalized spacial score (nSPS) is 14.2. The molecule has 3 N–H and O–H groups in total. The molecule has 0 aliphatic carbocycles. The number of rotatable bonds is 11. The number of unbranched alkanes of at least 4 members (excludes halogenated alkanes) is 1. The fraction of sp³-hybridized carbons (Fsp3) is 0.371. The lowest BCUT2D eigenvalue weighted by molar-refractivity contribution is -0.136. The first-order valence-electron chi connectivity index (χ1n) is 14.5. The number of hydrogen-bond donors (Lipinski definition) is 2. The SMILES string of the molecule is C=C/C=C\C(=C)C1=NC(C)(C)N(C(CCCC)c2ccc(C(N)=O)cc2)C1=O.CCC(=O)O.CCc1cc(C)cc(Cl)c1. The second kappa shape index (κ2) is 17.9. The molecule has 8 heteroatoms. The zero-order valence-corrected chi connectivity index (χ0v) is 27.1. The highest BCUT2D eigenvalue weighted by molar-refractivity contribution is 6.47. The van der Waals surface area contributed by atoms with Gasteiger partial charge in [0.2, 0.25) is 5.91 Å². The Labute approximate surface area is 261 Å². The van der Waals surface area contributed by atoms with Gasteiger partial charge in [-0.3, -0.25) is 19.4 Å². The summed E-state index contributed by atoms with van der Waals surface area (Å²) in [7, 11) is 0. The fourth-order valence-corrected chi connectivity index (χ4v) is 4.77. The highest BCUT2D eigenvalue weighted by atomic mass is 35.5. The molecule has 0 radical (unpaired) electrons. The molecule has 1 unspecified atom stereocenters. The van der Waals surface area contributed by atoms with E-state index in [4.69, 9.17) is 22.4 Å². The molecule has 2 aromatic rings. The molecule has 232 valence electrons. The molecule has 2 amide bonds. The quantitative estimate of drug-likeness (QED) is 0.252. The van der Waals surface area contributed by atoms with Crippen LogP contribution in [0.3, 0.4) is 0 Å². The van der Waals surface area contributed by atoms with Gasteiger partial charge in [0.25, 0.3) is 5.91 Å². The third kappa shape index (κ3) is 11.7. The largest absolute Gasteiger partial charge is 0.481 e. The zero-order valence-electron chi connectivity index (χ0n) is 26.3. The third-order valence-corrected chi connectivity index (χ3v) is 6.89. The number of halogens is 1. The maximum absolute atomic E-state index is 13.3. The van der Waals surface area contributed by atoms with E-state index >= 15 is 0 Å². The number of hydrogen-bond acceptors (Lipinski definition) is 4. The number of aliphatic carboxylic acids is 1. The van der Waals surface area contributed by atoms with Gasteiger partial charge in [0.15, 0.2) is 0 Å². The van der Waals surface area contributed by atoms with Crippen molar-refractivity contribution in [1.82, 2.24) is 4.90 Å². The van der Waals surface area contributed by atoms with Crippen molar-refractivity contribution < 1.29 is 19.5 Å². The molecule has 0 bridgehead atoms. The lowest BCUT2D eigenvalue weighted by Crippen LogP contribution is -2.45. The third-order valence-electron chi connectivity index (χ3n) is 6.67. The minimum absolute atomic E-state index is 0.135. The van der Waals surface area contributed by atoms with Gasteiger partial charge < -0.3 is 15.7 Å². The van der Waals surface area contributed by atoms with Crippen LogP contribution in [-0.2, 0) is 16.0 Å². The van der Waals surface area contributed by atoms with Crippen molar-refractivity contribution in [2.45, 2.75) is 85.4 Å². The number of benzene rings is 2. The first kappa shape index (κ1) is 37.1. The van der Waals surface area contributed by atoms with E-state index < -0.39 is 17.5 Å². The molecule has 0 saturated heterocycles. The van der Waals surface area contributed by atoms with E-state index in [9.17, 15) is 14.4 Å². The Morgan fingerprint density at radius 2 is 1.74 bits per heavy atom. The van der Waals surface area contributed by atoms with Crippen LogP contribution in [0.4, 0.5) is 0 Å². The molecule has 0 aromatic heterocycles. The standard InChI is InChI=1S/C23H29N3O2.C9H11Cl.C3H6O2/c1-6-8-10-16(3)20-22(28)26(23(4,5)25-20)19(11-9-7-2)17-12-14-18(15-13-17)21(24)27;1-3-8-4-7(2)5-9(10)6-8;1-2-3(4)5/h6,8,10,12-15,19H,1,3,7,9,11H2,2,4-5H3,(H2,24,27);4-6H,3H2,1-2H3;2H2,1H3,(H,4,5)/b10-8-;;. The van der Waals surface area contributed by atoms with Crippen molar-refractivity contribution in [3.05, 3.63) is 107 Å². The zero-order chi connectivity index (χ0) is 32.7. The van der Waals surface area contributed by atoms with Crippen LogP contribution in [0.1, 0.15) is 93.4 Å². The average molecular weight is 608 g/mol. The summed E-state index contributed by atoms with van der Waals surface area (Å²) < 4.78 is 0. The summed E-state index contributed by atoms with van der Waals surface area (Å²) in [4.78, 5) is 40.5. The molecule has 1 aliphatic rings. The van der Waals surface area contributed by atoms with Crippen molar-refractivity contribution in [3.63, 3.8) is 0 Å². The predicted molar refractivity (Wildman–Crippen MR) is 178 cm³/mol. The van der Waals surface area contributed by atoms with Gasteiger partial charge in [-0.05, 0) is 80.1 Å². The van der Waals surface area contributed by atoms with Gasteiger partial charge in [0, 0.05) is 17.0 Å². The number of nitrogens with two attached hydrogens (primary N) is 1. The summed E-state index contributed by atoms with van der Waals surface area (Å²) in [5.41, 5.74) is 9.56. The van der Waals surface area contributed by atoms with Crippen LogP contribution in [0.2, 0.25) is 5.02 Å². The van der Waals surface area contributed by atoms with Gasteiger partial charge in [-0.25, -0.2) is 0 Å². The van der Waals surface area contributed by atoms with Crippen LogP contribution >= 0.6 is 11.6 Å². The van der Waals surface area contributed by atoms with Crippen LogP contribution in [0, 0.1) is 6.92 Å². The summed E-state index contributed by atoms with van der Waals surface area (Å²) in [5.74, 6) is -1.35. The highest BCUT2D eigenvalue weighted by Crippen LogP contribution is 2.38. The van der Waals surface area contributed by atoms with E-state index in [2.05, 4.69) is 45.0 Å². The van der Waals surface area contributed by atoms with Gasteiger partial charge in [0.1, 0.15) is 11.4 Å². The number of carboxylic acids is 1. The summed E-state index contributed by atoms with van der Waals surface area (Å²) in [6.07, 6.45) is 9.19. The lowest BCUT2D eigenvalue weighted by atomic mass is 9.95. The molecule has 1 atom stereocenters. The van der Waals surface area contributed by atoms with E-state index in [-0.39, 0.29) is 18.4 Å². The van der Waals surface area contributed by atoms with Gasteiger partial charge in [-0.15, -0.1) is 0 Å². The second-order valence-electron chi connectivity index (χ2n) is 10.6. The molecule has 3 rings (SSSR count). The van der Waals surface area contributed by atoms with E-state index in [0.717, 1.165) is 36.3 Å². The summed E-state index contributed by atoms with van der Waals surface area (Å²) >= 11 is 5.83. The monoisotopic (exact) mass is 607 g/mol. The Hall–Kier alpha value is -3.97. The maximum Gasteiger partial charge on any atom is 0.303 e. The van der Waals surface area contributed by atoms with E-state index in [1.54, 1.807) is 37.3 Å². The molecular formula is C35H46ClN3O4. The Balaban J connectivity index is 0.000000503. The minimum atomic E-state index is -0.745. The smallest absolute Gasteiger partial charge is 0.303 e. The Morgan fingerprint density at radius 3 is 2.21 bits per heavy atom. The van der Waals surface area contributed by atoms with Crippen molar-refractivity contribution >= 4 is 35.1 Å². The van der Waals surface area contributed by atoms with Crippen molar-refractivity contribution in [2.75, 3.05) is 0 Å². The number of aryl methyl sites for hydroxylation is 2. The number of carboxylic acid groups (broad SMARTS) is 1. The lowest BCUT2D eigenvalue weighted by Gasteiger charge is -2.37. The first-order chi connectivity index (χ1) is 20.2. The predicted octanol–water partition coefficient (Wildman–Crippen LogP) is 8.03. The Bertz CT molecular complexity index is 1320. The molecule has 7 nitrogen and oxygen atoms in total. The van der Waals surface area contributed by atoms with Crippen LogP contribution in [0.5, 0.6) is 0 Å². The molecule has 2 aromatic carbocycles. The Kier molecular flexibility index (Phi) is 15.4. The first-order valence-corrected chi connectivity index (χ1v) is 14.9. The number of aliphatic imine (C=N–C) groups is 1. The van der Waals surface area contributed by atoms with Crippen LogP contribution in [-0.4, -0.2) is 39.2 Å².